The van der Waals surface area contributed by atoms with Crippen molar-refractivity contribution in [2.75, 3.05) is 29.9 Å². The standard InChI is InChI=1S/C23H27N3O2/c1-25-21-16-18(22(27)24-14-7-10-17-8-3-2-4-9-17)12-13-19(21)26-15-6-5-11-20(26)23(25)28/h2-4,8-9,12-13,16,20H,5-7,10-11,14-15H2,1H3,(H,24,27)/t20-/m0/s1. The number of anilines is 2. The molecule has 1 N–H and O–H groups in total. The van der Waals surface area contributed by atoms with Crippen molar-refractivity contribution in [2.24, 2.45) is 0 Å². The largest absolute Gasteiger partial charge is 0.358 e. The maximum absolute atomic E-state index is 12.7. The smallest absolute Gasteiger partial charge is 0.251 e. The van der Waals surface area contributed by atoms with Crippen molar-refractivity contribution < 1.29 is 9.59 Å². The van der Waals surface area contributed by atoms with E-state index in [-0.39, 0.29) is 17.9 Å². The molecule has 146 valence electrons. The summed E-state index contributed by atoms with van der Waals surface area (Å²) in [5.74, 6) is 0.0464. The third-order valence-corrected chi connectivity index (χ3v) is 5.80. The molecule has 1 saturated heterocycles. The fraction of sp³-hybridized carbons (Fsp3) is 0.391. The van der Waals surface area contributed by atoms with E-state index in [9.17, 15) is 9.59 Å². The van der Waals surface area contributed by atoms with E-state index in [1.807, 2.05) is 43.4 Å². The van der Waals surface area contributed by atoms with Crippen LogP contribution in [0.4, 0.5) is 11.4 Å². The van der Waals surface area contributed by atoms with Gasteiger partial charge in [0.15, 0.2) is 0 Å². The third-order valence-electron chi connectivity index (χ3n) is 5.80. The number of piperidine rings is 1. The lowest BCUT2D eigenvalue weighted by atomic mass is 9.96. The number of benzene rings is 2. The Morgan fingerprint density at radius 1 is 1.11 bits per heavy atom. The molecule has 28 heavy (non-hydrogen) atoms. The fourth-order valence-corrected chi connectivity index (χ4v) is 4.24. The number of likely N-dealkylation sites (N-methyl/N-ethyl adjacent to an activating group) is 1. The first-order valence-corrected chi connectivity index (χ1v) is 10.2. The Morgan fingerprint density at radius 2 is 1.93 bits per heavy atom. The molecule has 4 rings (SSSR count). The van der Waals surface area contributed by atoms with E-state index in [1.165, 1.54) is 5.56 Å². The van der Waals surface area contributed by atoms with Crippen LogP contribution < -0.4 is 15.1 Å². The fourth-order valence-electron chi connectivity index (χ4n) is 4.24. The van der Waals surface area contributed by atoms with Crippen LogP contribution in [0.25, 0.3) is 0 Å². The first-order valence-electron chi connectivity index (χ1n) is 10.2. The summed E-state index contributed by atoms with van der Waals surface area (Å²) in [6, 6.07) is 16.0. The lowest BCUT2D eigenvalue weighted by molar-refractivity contribution is -0.120. The molecule has 0 unspecified atom stereocenters. The summed E-state index contributed by atoms with van der Waals surface area (Å²) in [7, 11) is 1.81. The number of nitrogens with one attached hydrogen (secondary N) is 1. The Bertz CT molecular complexity index is 865. The molecule has 2 aliphatic heterocycles. The molecule has 2 heterocycles. The maximum atomic E-state index is 12.7. The van der Waals surface area contributed by atoms with Crippen molar-refractivity contribution in [3.05, 3.63) is 59.7 Å². The first-order chi connectivity index (χ1) is 13.6. The summed E-state index contributed by atoms with van der Waals surface area (Å²) in [5.41, 5.74) is 3.78. The Balaban J connectivity index is 1.42. The molecule has 2 aromatic rings. The first kappa shape index (κ1) is 18.5. The molecule has 0 saturated carbocycles. The second kappa shape index (κ2) is 8.05. The van der Waals surface area contributed by atoms with Gasteiger partial charge in [-0.1, -0.05) is 30.3 Å². The highest BCUT2D eigenvalue weighted by Gasteiger charge is 2.37. The van der Waals surface area contributed by atoms with Gasteiger partial charge in [-0.15, -0.1) is 0 Å². The number of hydrogen-bond acceptors (Lipinski definition) is 3. The maximum Gasteiger partial charge on any atom is 0.251 e. The molecule has 1 fully saturated rings. The van der Waals surface area contributed by atoms with E-state index in [0.29, 0.717) is 12.1 Å². The molecule has 0 aromatic heterocycles. The number of aryl methyl sites for hydroxylation is 1. The van der Waals surface area contributed by atoms with Crippen LogP contribution in [0.15, 0.2) is 48.5 Å². The van der Waals surface area contributed by atoms with Crippen LogP contribution in [-0.4, -0.2) is 38.0 Å². The predicted octanol–water partition coefficient (Wildman–Crippen LogP) is 3.38. The molecule has 5 heteroatoms. The van der Waals surface area contributed by atoms with Crippen LogP contribution in [0, 0.1) is 0 Å². The summed E-state index contributed by atoms with van der Waals surface area (Å²) in [6.45, 7) is 1.54. The Morgan fingerprint density at radius 3 is 2.75 bits per heavy atom. The molecular weight excluding hydrogens is 350 g/mol. The zero-order valence-electron chi connectivity index (χ0n) is 16.4. The molecule has 0 aliphatic carbocycles. The highest BCUT2D eigenvalue weighted by atomic mass is 16.2. The summed E-state index contributed by atoms with van der Waals surface area (Å²) in [4.78, 5) is 29.2. The number of fused-ring (bicyclic) bond motifs is 3. The van der Waals surface area contributed by atoms with E-state index >= 15 is 0 Å². The van der Waals surface area contributed by atoms with Gasteiger partial charge in [-0.3, -0.25) is 9.59 Å². The van der Waals surface area contributed by atoms with Crippen LogP contribution in [0.5, 0.6) is 0 Å². The van der Waals surface area contributed by atoms with Gasteiger partial charge < -0.3 is 15.1 Å². The number of hydrogen-bond donors (Lipinski definition) is 1. The van der Waals surface area contributed by atoms with Crippen LogP contribution in [-0.2, 0) is 11.2 Å². The van der Waals surface area contributed by atoms with Crippen molar-refractivity contribution in [3.63, 3.8) is 0 Å². The van der Waals surface area contributed by atoms with E-state index < -0.39 is 0 Å². The monoisotopic (exact) mass is 377 g/mol. The minimum atomic E-state index is -0.0857. The molecule has 1 atom stereocenters. The average molecular weight is 377 g/mol. The van der Waals surface area contributed by atoms with Gasteiger partial charge >= 0.3 is 0 Å². The molecule has 0 radical (unpaired) electrons. The lowest BCUT2D eigenvalue weighted by Crippen LogP contribution is -2.54. The lowest BCUT2D eigenvalue weighted by Gasteiger charge is -2.44. The van der Waals surface area contributed by atoms with Gasteiger partial charge in [-0.2, -0.15) is 0 Å². The Hall–Kier alpha value is -2.82. The summed E-state index contributed by atoms with van der Waals surface area (Å²) in [6.07, 6.45) is 4.95. The number of carbonyl (C=O) groups is 2. The normalized spacial score (nSPS) is 18.5. The molecular formula is C23H27N3O2. The van der Waals surface area contributed by atoms with Gasteiger partial charge in [0.1, 0.15) is 6.04 Å². The van der Waals surface area contributed by atoms with Gasteiger partial charge in [0.05, 0.1) is 11.4 Å². The quantitative estimate of drug-likeness (QED) is 0.813. The highest BCUT2D eigenvalue weighted by molar-refractivity contribution is 6.07. The Labute approximate surface area is 166 Å². The second-order valence-electron chi connectivity index (χ2n) is 7.65. The molecule has 2 aromatic carbocycles. The van der Waals surface area contributed by atoms with Crippen LogP contribution >= 0.6 is 0 Å². The molecule has 2 amide bonds. The Kier molecular flexibility index (Phi) is 5.33. The topological polar surface area (TPSA) is 52.7 Å². The van der Waals surface area contributed by atoms with Crippen molar-refractivity contribution in [1.82, 2.24) is 5.32 Å². The summed E-state index contributed by atoms with van der Waals surface area (Å²) < 4.78 is 0. The van der Waals surface area contributed by atoms with E-state index in [1.54, 1.807) is 4.90 Å². The summed E-state index contributed by atoms with van der Waals surface area (Å²) >= 11 is 0. The molecule has 0 spiro atoms. The number of nitrogens with zero attached hydrogens (tertiary/aromatic N) is 2. The van der Waals surface area contributed by atoms with Crippen molar-refractivity contribution in [2.45, 2.75) is 38.1 Å². The highest BCUT2D eigenvalue weighted by Crippen LogP contribution is 2.39. The van der Waals surface area contributed by atoms with E-state index in [2.05, 4.69) is 22.3 Å². The zero-order valence-corrected chi connectivity index (χ0v) is 16.4. The molecule has 0 bridgehead atoms. The van der Waals surface area contributed by atoms with Gasteiger partial charge in [0.2, 0.25) is 5.91 Å². The van der Waals surface area contributed by atoms with E-state index in [4.69, 9.17) is 0 Å². The SMILES string of the molecule is CN1C(=O)[C@@H]2CCCCN2c2ccc(C(=O)NCCCc3ccccc3)cc21. The number of carbonyl (C=O) groups excluding carboxylic acids is 2. The predicted molar refractivity (Wildman–Crippen MR) is 112 cm³/mol. The minimum absolute atomic E-state index is 0.0519. The minimum Gasteiger partial charge on any atom is -0.358 e. The van der Waals surface area contributed by atoms with Gasteiger partial charge in [-0.25, -0.2) is 0 Å². The van der Waals surface area contributed by atoms with Crippen LogP contribution in [0.2, 0.25) is 0 Å². The van der Waals surface area contributed by atoms with Gasteiger partial charge in [0, 0.05) is 25.7 Å². The van der Waals surface area contributed by atoms with Crippen LogP contribution in [0.1, 0.15) is 41.6 Å². The number of amides is 2. The average Bonchev–Trinajstić information content (AvgIpc) is 2.75. The molecule has 5 nitrogen and oxygen atoms in total. The number of rotatable bonds is 5. The second-order valence-corrected chi connectivity index (χ2v) is 7.65. The molecule has 2 aliphatic rings. The summed E-state index contributed by atoms with van der Waals surface area (Å²) in [5, 5.41) is 3.00. The zero-order chi connectivity index (χ0) is 19.5. The third kappa shape index (κ3) is 3.61. The van der Waals surface area contributed by atoms with Gasteiger partial charge in [0.25, 0.3) is 5.91 Å². The van der Waals surface area contributed by atoms with Crippen molar-refractivity contribution in [1.29, 1.82) is 0 Å². The van der Waals surface area contributed by atoms with Crippen molar-refractivity contribution >= 4 is 23.2 Å². The van der Waals surface area contributed by atoms with Crippen LogP contribution in [0.3, 0.4) is 0 Å². The van der Waals surface area contributed by atoms with Gasteiger partial charge in [-0.05, 0) is 55.9 Å². The van der Waals surface area contributed by atoms with E-state index in [0.717, 1.165) is 50.0 Å². The van der Waals surface area contributed by atoms with Crippen molar-refractivity contribution in [3.8, 4) is 0 Å².